The quantitative estimate of drug-likeness (QED) is 0.532. The van der Waals surface area contributed by atoms with Crippen LogP contribution in [0.1, 0.15) is 43.4 Å². The van der Waals surface area contributed by atoms with Crippen LogP contribution in [0.15, 0.2) is 29.8 Å². The van der Waals surface area contributed by atoms with Crippen LogP contribution in [0.2, 0.25) is 0 Å². The summed E-state index contributed by atoms with van der Waals surface area (Å²) < 4.78 is 0. The number of fused-ring (bicyclic) bond motifs is 2. The summed E-state index contributed by atoms with van der Waals surface area (Å²) in [4.78, 5) is 0. The highest BCUT2D eigenvalue weighted by Crippen LogP contribution is 2.35. The van der Waals surface area contributed by atoms with Crippen LogP contribution in [0.3, 0.4) is 0 Å². The van der Waals surface area contributed by atoms with E-state index in [4.69, 9.17) is 5.41 Å². The summed E-state index contributed by atoms with van der Waals surface area (Å²) in [5.74, 6) is 1.05. The predicted molar refractivity (Wildman–Crippen MR) is 99.8 cm³/mol. The van der Waals surface area contributed by atoms with Crippen LogP contribution in [0, 0.1) is 17.2 Å². The third kappa shape index (κ3) is 3.79. The predicted octanol–water partition coefficient (Wildman–Crippen LogP) is 3.29. The smallest absolute Gasteiger partial charge is 0.0805 e. The van der Waals surface area contributed by atoms with E-state index in [0.29, 0.717) is 30.4 Å². The van der Waals surface area contributed by atoms with Gasteiger partial charge in [0.2, 0.25) is 0 Å². The molecule has 1 fully saturated rings. The number of aliphatic hydroxyl groups is 1. The number of nitrogens with one attached hydrogen (secondary N) is 2. The first kappa shape index (κ1) is 17.4. The normalized spacial score (nSPS) is 23.9. The highest BCUT2D eigenvalue weighted by Gasteiger charge is 2.33. The Bertz CT molecular complexity index is 635. The molecule has 1 aliphatic carbocycles. The molecule has 1 aliphatic heterocycles. The van der Waals surface area contributed by atoms with Crippen LogP contribution in [0.25, 0.3) is 0 Å². The molecular weight excluding hydrogens is 296 g/mol. The molecule has 3 nitrogen and oxygen atoms in total. The van der Waals surface area contributed by atoms with Crippen LogP contribution in [-0.4, -0.2) is 30.0 Å². The van der Waals surface area contributed by atoms with E-state index < -0.39 is 6.10 Å². The Kier molecular flexibility index (Phi) is 5.52. The maximum Gasteiger partial charge on any atom is 0.0805 e. The molecule has 0 radical (unpaired) electrons. The van der Waals surface area contributed by atoms with E-state index in [1.54, 1.807) is 0 Å². The van der Waals surface area contributed by atoms with E-state index in [-0.39, 0.29) is 0 Å². The second-order valence-corrected chi connectivity index (χ2v) is 7.33. The molecule has 1 saturated heterocycles. The monoisotopic (exact) mass is 326 g/mol. The van der Waals surface area contributed by atoms with Gasteiger partial charge in [0, 0.05) is 31.6 Å². The molecule has 3 rings (SSSR count). The van der Waals surface area contributed by atoms with Crippen molar-refractivity contribution in [3.8, 4) is 0 Å². The van der Waals surface area contributed by atoms with Crippen molar-refractivity contribution >= 4 is 5.71 Å². The summed E-state index contributed by atoms with van der Waals surface area (Å²) in [6.07, 6.45) is 6.16. The van der Waals surface area contributed by atoms with Gasteiger partial charge < -0.3 is 15.8 Å². The molecule has 1 aromatic rings. The van der Waals surface area contributed by atoms with Crippen molar-refractivity contribution in [2.24, 2.45) is 11.8 Å². The number of hydrogen-bond acceptors (Lipinski definition) is 3. The van der Waals surface area contributed by atoms with Gasteiger partial charge in [-0.3, -0.25) is 0 Å². The van der Waals surface area contributed by atoms with Crippen LogP contribution in [-0.2, 0) is 19.3 Å². The molecule has 0 amide bonds. The fourth-order valence-electron chi connectivity index (χ4n) is 4.28. The highest BCUT2D eigenvalue weighted by atomic mass is 16.3. The zero-order valence-electron chi connectivity index (χ0n) is 14.9. The van der Waals surface area contributed by atoms with Gasteiger partial charge in [-0.2, -0.15) is 0 Å². The van der Waals surface area contributed by atoms with Crippen LogP contribution >= 0.6 is 0 Å². The molecule has 0 spiro atoms. The van der Waals surface area contributed by atoms with Crippen molar-refractivity contribution in [1.29, 1.82) is 5.41 Å². The Labute approximate surface area is 145 Å². The Morgan fingerprint density at radius 3 is 2.75 bits per heavy atom. The largest absolute Gasteiger partial charge is 0.388 e. The van der Waals surface area contributed by atoms with Gasteiger partial charge in [-0.1, -0.05) is 38.1 Å². The van der Waals surface area contributed by atoms with Gasteiger partial charge in [0.25, 0.3) is 0 Å². The molecule has 2 aliphatic rings. The van der Waals surface area contributed by atoms with Gasteiger partial charge >= 0.3 is 0 Å². The van der Waals surface area contributed by atoms with E-state index in [1.807, 2.05) is 0 Å². The Balaban J connectivity index is 1.60. The lowest BCUT2D eigenvalue weighted by molar-refractivity contribution is 0.202. The zero-order valence-corrected chi connectivity index (χ0v) is 14.9. The average Bonchev–Trinajstić information content (AvgIpc) is 2.88. The van der Waals surface area contributed by atoms with Crippen molar-refractivity contribution in [2.75, 3.05) is 13.1 Å². The molecule has 0 saturated carbocycles. The standard InChI is InChI=1S/C21H30N2O/c1-3-16-6-5-14(7-17(16)4-2)9-19(22)11-21(24)20-10-15-8-18(20)13-23-12-15/h5-7,10,15,18,21-24H,3-4,8-9,11-13H2,1-2H3. The van der Waals surface area contributed by atoms with Gasteiger partial charge in [-0.25, -0.2) is 0 Å². The van der Waals surface area contributed by atoms with Crippen molar-refractivity contribution in [2.45, 2.75) is 52.1 Å². The van der Waals surface area contributed by atoms with Crippen LogP contribution < -0.4 is 5.32 Å². The first-order valence-corrected chi connectivity index (χ1v) is 9.38. The Morgan fingerprint density at radius 2 is 2.04 bits per heavy atom. The lowest BCUT2D eigenvalue weighted by Crippen LogP contribution is -2.33. The van der Waals surface area contributed by atoms with Gasteiger partial charge in [0.1, 0.15) is 0 Å². The Morgan fingerprint density at radius 1 is 1.25 bits per heavy atom. The minimum atomic E-state index is -0.479. The van der Waals surface area contributed by atoms with Crippen molar-refractivity contribution < 1.29 is 5.11 Å². The summed E-state index contributed by atoms with van der Waals surface area (Å²) in [7, 11) is 0. The number of hydrogen-bond donors (Lipinski definition) is 3. The van der Waals surface area contributed by atoms with Crippen molar-refractivity contribution in [3.05, 3.63) is 46.5 Å². The van der Waals surface area contributed by atoms with Gasteiger partial charge in [-0.15, -0.1) is 0 Å². The topological polar surface area (TPSA) is 56.1 Å². The average molecular weight is 326 g/mol. The number of aryl methyl sites for hydroxylation is 2. The molecule has 130 valence electrons. The third-order valence-electron chi connectivity index (χ3n) is 5.56. The summed E-state index contributed by atoms with van der Waals surface area (Å²) >= 11 is 0. The third-order valence-corrected chi connectivity index (χ3v) is 5.56. The minimum absolute atomic E-state index is 0.464. The van der Waals surface area contributed by atoms with Crippen molar-refractivity contribution in [3.63, 3.8) is 0 Å². The SMILES string of the molecule is CCc1ccc(CC(=N)CC(O)C2=CC3CNCC2C3)cc1CC. The van der Waals surface area contributed by atoms with Crippen LogP contribution in [0.4, 0.5) is 0 Å². The second kappa shape index (κ2) is 7.62. The molecule has 2 bridgehead atoms. The second-order valence-electron chi connectivity index (χ2n) is 7.33. The highest BCUT2D eigenvalue weighted by molar-refractivity contribution is 5.84. The molecular formula is C21H30N2O. The first-order chi connectivity index (χ1) is 11.6. The lowest BCUT2D eigenvalue weighted by atomic mass is 9.90. The molecule has 3 heteroatoms. The molecule has 24 heavy (non-hydrogen) atoms. The van der Waals surface area contributed by atoms with Crippen LogP contribution in [0.5, 0.6) is 0 Å². The first-order valence-electron chi connectivity index (χ1n) is 9.38. The number of benzene rings is 1. The molecule has 1 heterocycles. The molecule has 0 aromatic heterocycles. The van der Waals surface area contributed by atoms with E-state index in [9.17, 15) is 5.11 Å². The van der Waals surface area contributed by atoms with E-state index in [2.05, 4.69) is 43.4 Å². The summed E-state index contributed by atoms with van der Waals surface area (Å²) in [5.41, 5.74) is 5.79. The fourth-order valence-corrected chi connectivity index (χ4v) is 4.28. The van der Waals surface area contributed by atoms with Gasteiger partial charge in [0.15, 0.2) is 0 Å². The number of aliphatic hydroxyl groups excluding tert-OH is 1. The van der Waals surface area contributed by atoms with Gasteiger partial charge in [-0.05, 0) is 53.4 Å². The Hall–Kier alpha value is -1.45. The molecule has 3 atom stereocenters. The van der Waals surface area contributed by atoms with E-state index in [1.165, 1.54) is 28.7 Å². The van der Waals surface area contributed by atoms with Gasteiger partial charge in [0.05, 0.1) is 6.10 Å². The minimum Gasteiger partial charge on any atom is -0.388 e. The zero-order chi connectivity index (χ0) is 17.1. The summed E-state index contributed by atoms with van der Waals surface area (Å²) in [6, 6.07) is 6.59. The maximum absolute atomic E-state index is 10.6. The maximum atomic E-state index is 10.6. The fraction of sp³-hybridized carbons (Fsp3) is 0.571. The van der Waals surface area contributed by atoms with E-state index in [0.717, 1.165) is 25.9 Å². The molecule has 3 unspecified atom stereocenters. The number of piperidine rings is 1. The van der Waals surface area contributed by atoms with Crippen molar-refractivity contribution in [1.82, 2.24) is 5.32 Å². The molecule has 3 N–H and O–H groups in total. The van der Waals surface area contributed by atoms with E-state index >= 15 is 0 Å². The number of rotatable bonds is 7. The summed E-state index contributed by atoms with van der Waals surface area (Å²) in [6.45, 7) is 6.39. The molecule has 1 aromatic carbocycles. The summed E-state index contributed by atoms with van der Waals surface area (Å²) in [5, 5.41) is 22.4. The lowest BCUT2D eigenvalue weighted by Gasteiger charge is -2.24.